The lowest BCUT2D eigenvalue weighted by Gasteiger charge is -2.20. The highest BCUT2D eigenvalue weighted by Gasteiger charge is 2.21. The van der Waals surface area contributed by atoms with E-state index in [1.54, 1.807) is 6.07 Å². The van der Waals surface area contributed by atoms with Gasteiger partial charge in [-0.25, -0.2) is 0 Å². The van der Waals surface area contributed by atoms with Gasteiger partial charge in [-0.05, 0) is 34.8 Å². The maximum atomic E-state index is 12.1. The number of carbonyl (C=O) groups is 1. The molecular weight excluding hydrogens is 312 g/mol. The van der Waals surface area contributed by atoms with Gasteiger partial charge >= 0.3 is 0 Å². The summed E-state index contributed by atoms with van der Waals surface area (Å²) in [4.78, 5) is 22.4. The quantitative estimate of drug-likeness (QED) is 0.663. The van der Waals surface area contributed by atoms with E-state index >= 15 is 0 Å². The van der Waals surface area contributed by atoms with Crippen molar-refractivity contribution in [1.29, 1.82) is 0 Å². The second kappa shape index (κ2) is 6.65. The van der Waals surface area contributed by atoms with Crippen LogP contribution in [0.1, 0.15) is 37.6 Å². The first-order chi connectivity index (χ1) is 8.88. The second-order valence-electron chi connectivity index (χ2n) is 4.54. The summed E-state index contributed by atoms with van der Waals surface area (Å²) in [6, 6.07) is 4.45. The molecule has 1 aromatic carbocycles. The fourth-order valence-electron chi connectivity index (χ4n) is 1.62. The smallest absolute Gasteiger partial charge is 0.284 e. The number of carbonyl (C=O) groups excluding carboxylic acids is 1. The molecule has 0 radical (unpaired) electrons. The van der Waals surface area contributed by atoms with Crippen molar-refractivity contribution in [3.63, 3.8) is 0 Å². The fourth-order valence-corrected chi connectivity index (χ4v) is 2.21. The molecule has 0 saturated heterocycles. The summed E-state index contributed by atoms with van der Waals surface area (Å²) in [6.07, 6.45) is 0.956. The van der Waals surface area contributed by atoms with Gasteiger partial charge in [-0.3, -0.25) is 14.9 Å². The highest BCUT2D eigenvalue weighted by atomic mass is 79.9. The normalized spacial score (nSPS) is 13.7. The molecule has 0 aliphatic carbocycles. The first-order valence-electron chi connectivity index (χ1n) is 6.12. The zero-order chi connectivity index (χ0) is 14.6. The van der Waals surface area contributed by atoms with E-state index in [-0.39, 0.29) is 27.7 Å². The lowest BCUT2D eigenvalue weighted by atomic mass is 10.0. The van der Waals surface area contributed by atoms with Crippen molar-refractivity contribution in [2.24, 2.45) is 5.92 Å². The Bertz CT molecular complexity index is 491. The number of hydrogen-bond acceptors (Lipinski definition) is 3. The van der Waals surface area contributed by atoms with Crippen LogP contribution in [-0.4, -0.2) is 16.9 Å². The van der Waals surface area contributed by atoms with Crippen LogP contribution < -0.4 is 5.32 Å². The van der Waals surface area contributed by atoms with Gasteiger partial charge in [-0.1, -0.05) is 26.3 Å². The van der Waals surface area contributed by atoms with Gasteiger partial charge < -0.3 is 5.32 Å². The molecule has 1 rings (SSSR count). The third-order valence-electron chi connectivity index (χ3n) is 3.28. The van der Waals surface area contributed by atoms with Crippen molar-refractivity contribution >= 4 is 27.5 Å². The van der Waals surface area contributed by atoms with Gasteiger partial charge in [0.1, 0.15) is 4.47 Å². The summed E-state index contributed by atoms with van der Waals surface area (Å²) in [6.45, 7) is 6.03. The maximum Gasteiger partial charge on any atom is 0.284 e. The van der Waals surface area contributed by atoms with Crippen molar-refractivity contribution in [2.45, 2.75) is 33.2 Å². The van der Waals surface area contributed by atoms with E-state index < -0.39 is 4.92 Å². The summed E-state index contributed by atoms with van der Waals surface area (Å²) in [5, 5.41) is 13.7. The van der Waals surface area contributed by atoms with Crippen LogP contribution in [0.3, 0.4) is 0 Å². The molecule has 1 aromatic rings. The number of rotatable bonds is 5. The Labute approximate surface area is 120 Å². The van der Waals surface area contributed by atoms with Crippen LogP contribution in [-0.2, 0) is 0 Å². The SMILES string of the molecule is CCC(C)C(C)NC(=O)c1cccc([N+](=O)[O-])c1Br. The maximum absolute atomic E-state index is 12.1. The molecule has 1 amide bonds. The van der Waals surface area contributed by atoms with E-state index in [0.717, 1.165) is 6.42 Å². The molecule has 0 saturated carbocycles. The molecule has 0 heterocycles. The molecule has 2 atom stereocenters. The number of nitro benzene ring substituents is 1. The second-order valence-corrected chi connectivity index (χ2v) is 5.34. The number of nitrogens with zero attached hydrogens (tertiary/aromatic N) is 1. The number of halogens is 1. The summed E-state index contributed by atoms with van der Waals surface area (Å²) in [5.74, 6) is 0.0461. The highest BCUT2D eigenvalue weighted by Crippen LogP contribution is 2.28. The minimum atomic E-state index is -0.515. The Hall–Kier alpha value is -1.43. The standard InChI is InChI=1S/C13H17BrN2O3/c1-4-8(2)9(3)15-13(17)10-6-5-7-11(12(10)14)16(18)19/h5-9H,4H2,1-3H3,(H,15,17). The Morgan fingerprint density at radius 1 is 1.47 bits per heavy atom. The number of amides is 1. The fraction of sp³-hybridized carbons (Fsp3) is 0.462. The van der Waals surface area contributed by atoms with Gasteiger partial charge in [0.25, 0.3) is 11.6 Å². The predicted molar refractivity (Wildman–Crippen MR) is 77.2 cm³/mol. The van der Waals surface area contributed by atoms with Gasteiger partial charge in [0.05, 0.1) is 10.5 Å². The molecule has 2 unspecified atom stereocenters. The summed E-state index contributed by atoms with van der Waals surface area (Å²) in [7, 11) is 0. The minimum Gasteiger partial charge on any atom is -0.349 e. The van der Waals surface area contributed by atoms with Gasteiger partial charge in [-0.15, -0.1) is 0 Å². The van der Waals surface area contributed by atoms with Crippen LogP contribution >= 0.6 is 15.9 Å². The summed E-state index contributed by atoms with van der Waals surface area (Å²) < 4.78 is 0.217. The van der Waals surface area contributed by atoms with Crippen molar-refractivity contribution in [2.75, 3.05) is 0 Å². The van der Waals surface area contributed by atoms with Crippen LogP contribution in [0.5, 0.6) is 0 Å². The van der Waals surface area contributed by atoms with E-state index in [4.69, 9.17) is 0 Å². The van der Waals surface area contributed by atoms with Gasteiger partial charge in [-0.2, -0.15) is 0 Å². The zero-order valence-electron chi connectivity index (χ0n) is 11.1. The van der Waals surface area contributed by atoms with E-state index in [0.29, 0.717) is 5.92 Å². The van der Waals surface area contributed by atoms with Crippen LogP contribution in [0, 0.1) is 16.0 Å². The van der Waals surface area contributed by atoms with E-state index in [1.807, 2.05) is 13.8 Å². The van der Waals surface area contributed by atoms with Gasteiger partial charge in [0, 0.05) is 12.1 Å². The first kappa shape index (κ1) is 15.6. The lowest BCUT2D eigenvalue weighted by Crippen LogP contribution is -2.37. The zero-order valence-corrected chi connectivity index (χ0v) is 12.7. The van der Waals surface area contributed by atoms with Crippen molar-refractivity contribution < 1.29 is 9.72 Å². The van der Waals surface area contributed by atoms with Gasteiger partial charge in [0.2, 0.25) is 0 Å². The monoisotopic (exact) mass is 328 g/mol. The van der Waals surface area contributed by atoms with Crippen LogP contribution in [0.25, 0.3) is 0 Å². The van der Waals surface area contributed by atoms with E-state index in [1.165, 1.54) is 12.1 Å². The average molecular weight is 329 g/mol. The molecule has 0 fully saturated rings. The van der Waals surface area contributed by atoms with Crippen LogP contribution in [0.4, 0.5) is 5.69 Å². The molecule has 0 spiro atoms. The lowest BCUT2D eigenvalue weighted by molar-refractivity contribution is -0.385. The number of hydrogen-bond donors (Lipinski definition) is 1. The first-order valence-corrected chi connectivity index (χ1v) is 6.91. The van der Waals surface area contributed by atoms with E-state index in [9.17, 15) is 14.9 Å². The number of nitro groups is 1. The summed E-state index contributed by atoms with van der Waals surface area (Å²) >= 11 is 3.12. The number of benzene rings is 1. The van der Waals surface area contributed by atoms with E-state index in [2.05, 4.69) is 28.2 Å². The van der Waals surface area contributed by atoms with Crippen molar-refractivity contribution in [3.05, 3.63) is 38.3 Å². The van der Waals surface area contributed by atoms with Gasteiger partial charge in [0.15, 0.2) is 0 Å². The molecule has 1 N–H and O–H groups in total. The topological polar surface area (TPSA) is 72.2 Å². The Morgan fingerprint density at radius 2 is 2.11 bits per heavy atom. The molecule has 0 aliphatic rings. The summed E-state index contributed by atoms with van der Waals surface area (Å²) in [5.41, 5.74) is 0.174. The largest absolute Gasteiger partial charge is 0.349 e. The molecule has 5 nitrogen and oxygen atoms in total. The third-order valence-corrected chi connectivity index (χ3v) is 4.11. The van der Waals surface area contributed by atoms with Crippen LogP contribution in [0.2, 0.25) is 0 Å². The highest BCUT2D eigenvalue weighted by molar-refractivity contribution is 9.10. The van der Waals surface area contributed by atoms with Crippen LogP contribution in [0.15, 0.2) is 22.7 Å². The Kier molecular flexibility index (Phi) is 5.47. The molecule has 19 heavy (non-hydrogen) atoms. The molecule has 0 bridgehead atoms. The average Bonchev–Trinajstić information content (AvgIpc) is 2.37. The Balaban J connectivity index is 2.95. The molecule has 0 aliphatic heterocycles. The Morgan fingerprint density at radius 3 is 2.63 bits per heavy atom. The third kappa shape index (κ3) is 3.76. The minimum absolute atomic E-state index is 0.0173. The van der Waals surface area contributed by atoms with Crippen molar-refractivity contribution in [1.82, 2.24) is 5.32 Å². The molecular formula is C13H17BrN2O3. The molecule has 104 valence electrons. The number of nitrogens with one attached hydrogen (secondary N) is 1. The molecule has 6 heteroatoms. The predicted octanol–water partition coefficient (Wildman–Crippen LogP) is 3.52. The van der Waals surface area contributed by atoms with Crippen molar-refractivity contribution in [3.8, 4) is 0 Å². The molecule has 0 aromatic heterocycles.